The van der Waals surface area contributed by atoms with Gasteiger partial charge in [0.1, 0.15) is 5.69 Å². The number of nitrogens with zero attached hydrogens (tertiary/aromatic N) is 1. The lowest BCUT2D eigenvalue weighted by Gasteiger charge is -2.16. The lowest BCUT2D eigenvalue weighted by atomic mass is 10.1. The first kappa shape index (κ1) is 12.9. The lowest BCUT2D eigenvalue weighted by Crippen LogP contribution is -2.36. The molecule has 1 aromatic rings. The molecule has 1 amide bonds. The first-order valence-corrected chi connectivity index (χ1v) is 6.71. The van der Waals surface area contributed by atoms with Crippen LogP contribution >= 0.6 is 0 Å². The van der Waals surface area contributed by atoms with Crippen LogP contribution in [0.15, 0.2) is 18.3 Å². The standard InChI is InChI=1S/C14H21N3O/c1-3-15-11-7-8-13(16-9-11)14(18)17-12-6-4-5-10(12)2/h7-10,12,15H,3-6H2,1-2H3,(H,17,18). The highest BCUT2D eigenvalue weighted by atomic mass is 16.1. The van der Waals surface area contributed by atoms with Gasteiger partial charge in [0.05, 0.1) is 11.9 Å². The molecule has 1 fully saturated rings. The number of pyridine rings is 1. The van der Waals surface area contributed by atoms with E-state index in [1.54, 1.807) is 12.3 Å². The quantitative estimate of drug-likeness (QED) is 0.859. The molecule has 0 bridgehead atoms. The summed E-state index contributed by atoms with van der Waals surface area (Å²) in [5.74, 6) is 0.520. The number of aromatic nitrogens is 1. The van der Waals surface area contributed by atoms with Gasteiger partial charge in [-0.25, -0.2) is 4.98 Å². The summed E-state index contributed by atoms with van der Waals surface area (Å²) in [6.07, 6.45) is 5.20. The Labute approximate surface area is 108 Å². The normalized spacial score (nSPS) is 22.8. The molecule has 0 spiro atoms. The smallest absolute Gasteiger partial charge is 0.270 e. The number of hydrogen-bond donors (Lipinski definition) is 2. The van der Waals surface area contributed by atoms with Gasteiger partial charge in [0.15, 0.2) is 0 Å². The Morgan fingerprint density at radius 2 is 2.28 bits per heavy atom. The topological polar surface area (TPSA) is 54.0 Å². The fraction of sp³-hybridized carbons (Fsp3) is 0.571. The van der Waals surface area contributed by atoms with E-state index in [1.807, 2.05) is 13.0 Å². The van der Waals surface area contributed by atoms with E-state index in [-0.39, 0.29) is 5.91 Å². The SMILES string of the molecule is CCNc1ccc(C(=O)NC2CCCC2C)nc1. The van der Waals surface area contributed by atoms with Crippen molar-refractivity contribution < 1.29 is 4.79 Å². The maximum absolute atomic E-state index is 12.0. The summed E-state index contributed by atoms with van der Waals surface area (Å²) in [5, 5.41) is 6.23. The van der Waals surface area contributed by atoms with Crippen molar-refractivity contribution >= 4 is 11.6 Å². The van der Waals surface area contributed by atoms with Crippen LogP contribution in [-0.4, -0.2) is 23.5 Å². The zero-order valence-electron chi connectivity index (χ0n) is 11.1. The first-order chi connectivity index (χ1) is 8.70. The third-order valence-electron chi connectivity index (χ3n) is 3.55. The summed E-state index contributed by atoms with van der Waals surface area (Å²) in [4.78, 5) is 16.2. The number of carbonyl (C=O) groups excluding carboxylic acids is 1. The number of amides is 1. The van der Waals surface area contributed by atoms with E-state index >= 15 is 0 Å². The van der Waals surface area contributed by atoms with Gasteiger partial charge in [0, 0.05) is 12.6 Å². The predicted molar refractivity (Wildman–Crippen MR) is 72.7 cm³/mol. The van der Waals surface area contributed by atoms with Crippen LogP contribution in [0.3, 0.4) is 0 Å². The summed E-state index contributed by atoms with van der Waals surface area (Å²) < 4.78 is 0. The van der Waals surface area contributed by atoms with Crippen LogP contribution in [0.1, 0.15) is 43.6 Å². The molecule has 4 heteroatoms. The Bertz CT molecular complexity index is 402. The van der Waals surface area contributed by atoms with Crippen LogP contribution in [0.4, 0.5) is 5.69 Å². The maximum atomic E-state index is 12.0. The number of rotatable bonds is 4. The van der Waals surface area contributed by atoms with Crippen molar-refractivity contribution in [1.82, 2.24) is 10.3 Å². The number of carbonyl (C=O) groups is 1. The van der Waals surface area contributed by atoms with Crippen LogP contribution in [-0.2, 0) is 0 Å². The number of nitrogens with one attached hydrogen (secondary N) is 2. The molecule has 2 unspecified atom stereocenters. The minimum Gasteiger partial charge on any atom is -0.384 e. The number of hydrogen-bond acceptors (Lipinski definition) is 3. The van der Waals surface area contributed by atoms with Gasteiger partial charge >= 0.3 is 0 Å². The second-order valence-corrected chi connectivity index (χ2v) is 4.95. The largest absolute Gasteiger partial charge is 0.384 e. The lowest BCUT2D eigenvalue weighted by molar-refractivity contribution is 0.0924. The van der Waals surface area contributed by atoms with Crippen LogP contribution in [0.2, 0.25) is 0 Å². The molecule has 0 radical (unpaired) electrons. The fourth-order valence-corrected chi connectivity index (χ4v) is 2.44. The van der Waals surface area contributed by atoms with Gasteiger partial charge in [-0.15, -0.1) is 0 Å². The van der Waals surface area contributed by atoms with Crippen molar-refractivity contribution in [2.24, 2.45) is 5.92 Å². The molecule has 1 heterocycles. The van der Waals surface area contributed by atoms with Crippen molar-refractivity contribution in [2.45, 2.75) is 39.2 Å². The van der Waals surface area contributed by atoms with E-state index in [9.17, 15) is 4.79 Å². The fourth-order valence-electron chi connectivity index (χ4n) is 2.44. The van der Waals surface area contributed by atoms with Crippen LogP contribution in [0.25, 0.3) is 0 Å². The van der Waals surface area contributed by atoms with E-state index in [1.165, 1.54) is 12.8 Å². The van der Waals surface area contributed by atoms with Crippen molar-refractivity contribution in [1.29, 1.82) is 0 Å². The van der Waals surface area contributed by atoms with E-state index in [2.05, 4.69) is 22.5 Å². The Hall–Kier alpha value is -1.58. The van der Waals surface area contributed by atoms with Crippen LogP contribution in [0.5, 0.6) is 0 Å². The summed E-state index contributed by atoms with van der Waals surface area (Å²) in [7, 11) is 0. The van der Waals surface area contributed by atoms with Gasteiger partial charge in [0.25, 0.3) is 5.91 Å². The molecule has 18 heavy (non-hydrogen) atoms. The second kappa shape index (κ2) is 5.85. The molecular weight excluding hydrogens is 226 g/mol. The Kier molecular flexibility index (Phi) is 4.18. The third kappa shape index (κ3) is 3.00. The van der Waals surface area contributed by atoms with E-state index in [0.29, 0.717) is 17.7 Å². The van der Waals surface area contributed by atoms with Gasteiger partial charge < -0.3 is 10.6 Å². The Balaban J connectivity index is 1.96. The summed E-state index contributed by atoms with van der Waals surface area (Å²) in [6.45, 7) is 5.08. The third-order valence-corrected chi connectivity index (χ3v) is 3.55. The zero-order valence-corrected chi connectivity index (χ0v) is 11.1. The van der Waals surface area contributed by atoms with Gasteiger partial charge in [-0.3, -0.25) is 4.79 Å². The van der Waals surface area contributed by atoms with E-state index in [0.717, 1.165) is 18.7 Å². The number of anilines is 1. The molecule has 98 valence electrons. The molecule has 1 aliphatic rings. The molecular formula is C14H21N3O. The van der Waals surface area contributed by atoms with Gasteiger partial charge in [0.2, 0.25) is 0 Å². The van der Waals surface area contributed by atoms with Gasteiger partial charge in [-0.2, -0.15) is 0 Å². The molecule has 0 aromatic carbocycles. The molecule has 4 nitrogen and oxygen atoms in total. The Morgan fingerprint density at radius 3 is 2.83 bits per heavy atom. The molecule has 2 N–H and O–H groups in total. The zero-order chi connectivity index (χ0) is 13.0. The maximum Gasteiger partial charge on any atom is 0.270 e. The molecule has 2 rings (SSSR count). The monoisotopic (exact) mass is 247 g/mol. The van der Waals surface area contributed by atoms with Crippen LogP contribution < -0.4 is 10.6 Å². The minimum absolute atomic E-state index is 0.0585. The molecule has 1 aromatic heterocycles. The second-order valence-electron chi connectivity index (χ2n) is 4.95. The van der Waals surface area contributed by atoms with E-state index < -0.39 is 0 Å². The highest BCUT2D eigenvalue weighted by molar-refractivity contribution is 5.92. The minimum atomic E-state index is -0.0585. The van der Waals surface area contributed by atoms with Gasteiger partial charge in [-0.05, 0) is 37.8 Å². The summed E-state index contributed by atoms with van der Waals surface area (Å²) >= 11 is 0. The molecule has 1 saturated carbocycles. The molecule has 0 saturated heterocycles. The van der Waals surface area contributed by atoms with Crippen molar-refractivity contribution in [2.75, 3.05) is 11.9 Å². The Morgan fingerprint density at radius 1 is 1.44 bits per heavy atom. The van der Waals surface area contributed by atoms with Crippen molar-refractivity contribution in [3.05, 3.63) is 24.0 Å². The van der Waals surface area contributed by atoms with Crippen LogP contribution in [0, 0.1) is 5.92 Å². The summed E-state index contributed by atoms with van der Waals surface area (Å²) in [5.41, 5.74) is 1.44. The summed E-state index contributed by atoms with van der Waals surface area (Å²) in [6, 6.07) is 3.98. The van der Waals surface area contributed by atoms with Gasteiger partial charge in [-0.1, -0.05) is 13.3 Å². The first-order valence-electron chi connectivity index (χ1n) is 6.71. The highest BCUT2D eigenvalue weighted by Crippen LogP contribution is 2.24. The predicted octanol–water partition coefficient (Wildman–Crippen LogP) is 2.43. The molecule has 2 atom stereocenters. The molecule has 1 aliphatic carbocycles. The average molecular weight is 247 g/mol. The van der Waals surface area contributed by atoms with Crippen molar-refractivity contribution in [3.8, 4) is 0 Å². The van der Waals surface area contributed by atoms with E-state index in [4.69, 9.17) is 0 Å². The average Bonchev–Trinajstić information content (AvgIpc) is 2.76. The van der Waals surface area contributed by atoms with Crippen molar-refractivity contribution in [3.63, 3.8) is 0 Å². The highest BCUT2D eigenvalue weighted by Gasteiger charge is 2.25. The molecule has 0 aliphatic heterocycles.